The van der Waals surface area contributed by atoms with Crippen LogP contribution in [0.5, 0.6) is 5.75 Å². The second kappa shape index (κ2) is 9.17. The Morgan fingerprint density at radius 1 is 1.16 bits per heavy atom. The van der Waals surface area contributed by atoms with E-state index in [2.05, 4.69) is 11.9 Å². The molecule has 9 heteroatoms. The Morgan fingerprint density at radius 3 is 2.47 bits per heavy atom. The quantitative estimate of drug-likeness (QED) is 0.563. The summed E-state index contributed by atoms with van der Waals surface area (Å²) in [6, 6.07) is 11.8. The van der Waals surface area contributed by atoms with Crippen LogP contribution < -0.4 is 9.54 Å². The smallest absolute Gasteiger partial charge is 0.279 e. The number of para-hydroxylation sites is 1. The van der Waals surface area contributed by atoms with Gasteiger partial charge < -0.3 is 9.30 Å². The van der Waals surface area contributed by atoms with Crippen LogP contribution in [0.15, 0.2) is 52.4 Å². The minimum absolute atomic E-state index is 0.207. The second-order valence-electron chi connectivity index (χ2n) is 7.96. The number of carbonyl (C=O) groups is 1. The first-order valence-electron chi connectivity index (χ1n) is 10.7. The van der Waals surface area contributed by atoms with Crippen molar-refractivity contribution in [2.24, 2.45) is 10.9 Å². The molecule has 0 N–H and O–H groups in total. The van der Waals surface area contributed by atoms with Crippen LogP contribution in [-0.4, -0.2) is 43.4 Å². The van der Waals surface area contributed by atoms with Gasteiger partial charge in [-0.2, -0.15) is 9.30 Å². The third-order valence-electron chi connectivity index (χ3n) is 5.88. The highest BCUT2D eigenvalue weighted by Gasteiger charge is 2.28. The molecule has 0 saturated carbocycles. The number of rotatable bonds is 5. The summed E-state index contributed by atoms with van der Waals surface area (Å²) in [6.45, 7) is 5.84. The fourth-order valence-electron chi connectivity index (χ4n) is 3.94. The van der Waals surface area contributed by atoms with E-state index in [-0.39, 0.29) is 4.90 Å². The Kier molecular flexibility index (Phi) is 6.50. The van der Waals surface area contributed by atoms with Gasteiger partial charge >= 0.3 is 0 Å². The van der Waals surface area contributed by atoms with Gasteiger partial charge in [0, 0.05) is 25.2 Å². The molecule has 0 radical (unpaired) electrons. The molecule has 170 valence electrons. The Balaban J connectivity index is 1.63. The van der Waals surface area contributed by atoms with E-state index in [1.54, 1.807) is 7.11 Å². The number of ether oxygens (including phenoxy) is 1. The van der Waals surface area contributed by atoms with Crippen molar-refractivity contribution in [2.45, 2.75) is 38.1 Å². The SMILES string of the molecule is CCn1c(=NC(=O)c2ccc(S(=O)(=O)N3CCC(C)CC3)cc2)sc2cccc(OC)c21. The molecule has 0 bridgehead atoms. The summed E-state index contributed by atoms with van der Waals surface area (Å²) < 4.78 is 35.8. The summed E-state index contributed by atoms with van der Waals surface area (Å²) in [6.07, 6.45) is 1.73. The van der Waals surface area contributed by atoms with Crippen LogP contribution >= 0.6 is 11.3 Å². The minimum atomic E-state index is -3.55. The number of sulfonamides is 1. The molecule has 1 saturated heterocycles. The fourth-order valence-corrected chi connectivity index (χ4v) is 6.52. The molecular weight excluding hydrogens is 446 g/mol. The molecule has 0 atom stereocenters. The van der Waals surface area contributed by atoms with Crippen LogP contribution in [0.2, 0.25) is 0 Å². The molecule has 1 aliphatic rings. The average Bonchev–Trinajstić information content (AvgIpc) is 3.16. The minimum Gasteiger partial charge on any atom is -0.495 e. The van der Waals surface area contributed by atoms with Gasteiger partial charge in [-0.15, -0.1) is 0 Å². The molecule has 4 rings (SSSR count). The Hall–Kier alpha value is -2.49. The van der Waals surface area contributed by atoms with Gasteiger partial charge in [-0.3, -0.25) is 4.79 Å². The largest absolute Gasteiger partial charge is 0.495 e. The number of hydrogen-bond acceptors (Lipinski definition) is 5. The maximum atomic E-state index is 12.9. The van der Waals surface area contributed by atoms with Crippen LogP contribution in [-0.2, 0) is 16.6 Å². The number of amides is 1. The molecule has 1 fully saturated rings. The van der Waals surface area contributed by atoms with Crippen molar-refractivity contribution in [2.75, 3.05) is 20.2 Å². The number of aryl methyl sites for hydroxylation is 1. The molecule has 1 amide bonds. The van der Waals surface area contributed by atoms with E-state index in [1.807, 2.05) is 29.7 Å². The van der Waals surface area contributed by atoms with Crippen LogP contribution in [0.25, 0.3) is 10.2 Å². The van der Waals surface area contributed by atoms with Gasteiger partial charge in [0.25, 0.3) is 5.91 Å². The van der Waals surface area contributed by atoms with Crippen molar-refractivity contribution in [3.05, 3.63) is 52.8 Å². The molecular formula is C23H27N3O4S2. The maximum Gasteiger partial charge on any atom is 0.279 e. The lowest BCUT2D eigenvalue weighted by molar-refractivity contribution is 0.0997. The molecule has 2 aromatic carbocycles. The first-order valence-corrected chi connectivity index (χ1v) is 13.0. The molecule has 1 aliphatic heterocycles. The zero-order chi connectivity index (χ0) is 22.9. The monoisotopic (exact) mass is 473 g/mol. The number of carbonyl (C=O) groups excluding carboxylic acids is 1. The second-order valence-corrected chi connectivity index (χ2v) is 10.9. The van der Waals surface area contributed by atoms with Crippen molar-refractivity contribution in [3.63, 3.8) is 0 Å². The third kappa shape index (κ3) is 4.24. The lowest BCUT2D eigenvalue weighted by Crippen LogP contribution is -2.37. The summed E-state index contributed by atoms with van der Waals surface area (Å²) in [4.78, 5) is 18.0. The number of piperidine rings is 1. The standard InChI is InChI=1S/C23H27N3O4S2/c1-4-26-21-19(30-3)6-5-7-20(21)31-23(26)24-22(27)17-8-10-18(11-9-17)32(28,29)25-14-12-16(2)13-15-25/h5-11,16H,4,12-15H2,1-3H3. The number of methoxy groups -OCH3 is 1. The van der Waals surface area contributed by atoms with Gasteiger partial charge in [0.1, 0.15) is 11.3 Å². The van der Waals surface area contributed by atoms with E-state index in [4.69, 9.17) is 4.74 Å². The highest BCUT2D eigenvalue weighted by atomic mass is 32.2. The lowest BCUT2D eigenvalue weighted by atomic mass is 10.0. The van der Waals surface area contributed by atoms with Gasteiger partial charge in [0.15, 0.2) is 4.80 Å². The van der Waals surface area contributed by atoms with E-state index in [0.717, 1.165) is 28.8 Å². The molecule has 3 aromatic rings. The van der Waals surface area contributed by atoms with E-state index in [9.17, 15) is 13.2 Å². The zero-order valence-electron chi connectivity index (χ0n) is 18.4. The van der Waals surface area contributed by atoms with Gasteiger partial charge in [0.05, 0.1) is 16.7 Å². The topological polar surface area (TPSA) is 81.0 Å². The highest BCUT2D eigenvalue weighted by molar-refractivity contribution is 7.89. The van der Waals surface area contributed by atoms with Crippen molar-refractivity contribution >= 4 is 37.5 Å². The normalized spacial score (nSPS) is 16.5. The van der Waals surface area contributed by atoms with E-state index in [0.29, 0.717) is 35.9 Å². The van der Waals surface area contributed by atoms with Crippen molar-refractivity contribution in [1.29, 1.82) is 0 Å². The lowest BCUT2D eigenvalue weighted by Gasteiger charge is -2.29. The summed E-state index contributed by atoms with van der Waals surface area (Å²) in [5.74, 6) is 0.868. The van der Waals surface area contributed by atoms with E-state index < -0.39 is 15.9 Å². The number of aromatic nitrogens is 1. The molecule has 0 unspecified atom stereocenters. The van der Waals surface area contributed by atoms with E-state index >= 15 is 0 Å². The summed E-state index contributed by atoms with van der Waals surface area (Å²) in [5.41, 5.74) is 1.26. The summed E-state index contributed by atoms with van der Waals surface area (Å²) in [7, 11) is -1.93. The first kappa shape index (κ1) is 22.7. The molecule has 1 aromatic heterocycles. The number of fused-ring (bicyclic) bond motifs is 1. The fraction of sp³-hybridized carbons (Fsp3) is 0.391. The summed E-state index contributed by atoms with van der Waals surface area (Å²) >= 11 is 1.42. The van der Waals surface area contributed by atoms with Crippen molar-refractivity contribution < 1.29 is 17.9 Å². The van der Waals surface area contributed by atoms with Gasteiger partial charge in [0.2, 0.25) is 10.0 Å². The molecule has 2 heterocycles. The van der Waals surface area contributed by atoms with Gasteiger partial charge in [-0.25, -0.2) is 8.42 Å². The number of thiazole rings is 1. The van der Waals surface area contributed by atoms with Crippen LogP contribution in [0.3, 0.4) is 0 Å². The van der Waals surface area contributed by atoms with Crippen LogP contribution in [0, 0.1) is 5.92 Å². The predicted octanol–water partition coefficient (Wildman–Crippen LogP) is 3.89. The Morgan fingerprint density at radius 2 is 1.84 bits per heavy atom. The van der Waals surface area contributed by atoms with Gasteiger partial charge in [-0.05, 0) is 62.1 Å². The summed E-state index contributed by atoms with van der Waals surface area (Å²) in [5, 5.41) is 0. The molecule has 0 spiro atoms. The van der Waals surface area contributed by atoms with Crippen molar-refractivity contribution in [3.8, 4) is 5.75 Å². The molecule has 7 nitrogen and oxygen atoms in total. The number of nitrogens with zero attached hydrogens (tertiary/aromatic N) is 3. The maximum absolute atomic E-state index is 12.9. The van der Waals surface area contributed by atoms with Gasteiger partial charge in [-0.1, -0.05) is 24.3 Å². The number of hydrogen-bond donors (Lipinski definition) is 0. The first-order chi connectivity index (χ1) is 15.3. The van der Waals surface area contributed by atoms with Crippen molar-refractivity contribution in [1.82, 2.24) is 8.87 Å². The third-order valence-corrected chi connectivity index (χ3v) is 8.84. The molecule has 0 aliphatic carbocycles. The molecule has 32 heavy (non-hydrogen) atoms. The predicted molar refractivity (Wildman–Crippen MR) is 126 cm³/mol. The number of benzene rings is 2. The Labute approximate surface area is 192 Å². The zero-order valence-corrected chi connectivity index (χ0v) is 20.1. The Bertz CT molecular complexity index is 1300. The average molecular weight is 474 g/mol. The highest BCUT2D eigenvalue weighted by Crippen LogP contribution is 2.27. The van der Waals surface area contributed by atoms with E-state index in [1.165, 1.54) is 39.9 Å². The van der Waals surface area contributed by atoms with Crippen LogP contribution in [0.1, 0.15) is 37.0 Å². The van der Waals surface area contributed by atoms with Crippen LogP contribution in [0.4, 0.5) is 0 Å².